The van der Waals surface area contributed by atoms with Gasteiger partial charge in [-0.1, -0.05) is 77.4 Å². The summed E-state index contributed by atoms with van der Waals surface area (Å²) in [5.74, 6) is 0. The van der Waals surface area contributed by atoms with E-state index in [0.29, 0.717) is 12.3 Å². The van der Waals surface area contributed by atoms with Gasteiger partial charge in [-0.3, -0.25) is 0 Å². The van der Waals surface area contributed by atoms with Crippen LogP contribution in [0.25, 0.3) is 0 Å². The molecule has 0 amide bonds. The van der Waals surface area contributed by atoms with Gasteiger partial charge in [0.15, 0.2) is 0 Å². The molecule has 0 aliphatic carbocycles. The van der Waals surface area contributed by atoms with Gasteiger partial charge >= 0.3 is 0 Å². The molecule has 0 atom stereocenters. The number of nitrogens with zero attached hydrogens (tertiary/aromatic N) is 1. The molecule has 29 heavy (non-hydrogen) atoms. The van der Waals surface area contributed by atoms with Crippen LogP contribution in [0, 0.1) is 0 Å². The van der Waals surface area contributed by atoms with Crippen LogP contribution in [-0.2, 0) is 19.4 Å². The van der Waals surface area contributed by atoms with E-state index in [1.54, 1.807) is 0 Å². The largest absolute Gasteiger partial charge is 0.410 e. The minimum absolute atomic E-state index is 0.564. The molecule has 148 valence electrons. The Balaban J connectivity index is 1.51. The summed E-state index contributed by atoms with van der Waals surface area (Å²) in [5.41, 5.74) is 7.18. The Labute approximate surface area is 176 Å². The second-order valence-electron chi connectivity index (χ2n) is 7.18. The summed E-state index contributed by atoms with van der Waals surface area (Å²) in [4.78, 5) is 0. The molecule has 1 aliphatic heterocycles. The van der Waals surface area contributed by atoms with Gasteiger partial charge in [0.05, 0.1) is 10.7 Å². The Morgan fingerprint density at radius 1 is 0.931 bits per heavy atom. The van der Waals surface area contributed by atoms with Gasteiger partial charge in [-0.15, -0.1) is 0 Å². The zero-order chi connectivity index (χ0) is 20.1. The summed E-state index contributed by atoms with van der Waals surface area (Å²) in [6.07, 6.45) is 2.00. The highest BCUT2D eigenvalue weighted by molar-refractivity contribution is 6.33. The summed E-state index contributed by atoms with van der Waals surface area (Å²) in [6, 6.07) is 21.9. The molecular weight excluding hydrogens is 382 g/mol. The second-order valence-corrected chi connectivity index (χ2v) is 7.58. The Hall–Kier alpha value is -2.82. The smallest absolute Gasteiger partial charge is 0.117 e. The van der Waals surface area contributed by atoms with Gasteiger partial charge in [-0.05, 0) is 48.7 Å². The van der Waals surface area contributed by atoms with E-state index in [9.17, 15) is 5.21 Å². The molecule has 0 bridgehead atoms. The highest BCUT2D eigenvalue weighted by atomic mass is 35.5. The molecule has 0 fully saturated rings. The number of hydrogen-bond donors (Lipinski definition) is 3. The number of benzene rings is 3. The summed E-state index contributed by atoms with van der Waals surface area (Å²) in [5, 5.41) is 20.7. The molecule has 4 rings (SSSR count). The Morgan fingerprint density at radius 3 is 2.41 bits per heavy atom. The van der Waals surface area contributed by atoms with E-state index in [0.717, 1.165) is 53.3 Å². The van der Waals surface area contributed by atoms with Crippen LogP contribution in [0.3, 0.4) is 0 Å². The Kier molecular flexibility index (Phi) is 6.13. The summed E-state index contributed by atoms with van der Waals surface area (Å²) >= 11 is 6.51. The van der Waals surface area contributed by atoms with E-state index in [-0.39, 0.29) is 0 Å². The second kappa shape index (κ2) is 9.12. The molecule has 4 nitrogen and oxygen atoms in total. The highest BCUT2D eigenvalue weighted by Gasteiger charge is 2.15. The van der Waals surface area contributed by atoms with Crippen molar-refractivity contribution in [2.45, 2.75) is 19.4 Å². The van der Waals surface area contributed by atoms with Crippen LogP contribution in [0.4, 0.5) is 5.69 Å². The van der Waals surface area contributed by atoms with Gasteiger partial charge in [0.1, 0.15) is 5.71 Å². The molecule has 0 unspecified atom stereocenters. The van der Waals surface area contributed by atoms with Crippen molar-refractivity contribution in [3.8, 4) is 0 Å². The lowest BCUT2D eigenvalue weighted by Crippen LogP contribution is -2.16. The SMILES string of the molecule is ON=C(c1ccccc1)c1ccc(CNc2c(Cl)ccc3c2CCNCC3)cc1. The number of anilines is 1. The van der Waals surface area contributed by atoms with Crippen molar-refractivity contribution >= 4 is 23.0 Å². The topological polar surface area (TPSA) is 56.7 Å². The summed E-state index contributed by atoms with van der Waals surface area (Å²) in [6.45, 7) is 2.66. The van der Waals surface area contributed by atoms with Crippen LogP contribution in [0.5, 0.6) is 0 Å². The third-order valence-electron chi connectivity index (χ3n) is 5.33. The zero-order valence-electron chi connectivity index (χ0n) is 16.2. The van der Waals surface area contributed by atoms with Crippen molar-refractivity contribution in [1.82, 2.24) is 5.32 Å². The molecule has 3 aromatic rings. The normalized spacial score (nSPS) is 14.2. The summed E-state index contributed by atoms with van der Waals surface area (Å²) < 4.78 is 0. The molecule has 5 heteroatoms. The fraction of sp³-hybridized carbons (Fsp3) is 0.208. The lowest BCUT2D eigenvalue weighted by atomic mass is 10.00. The van der Waals surface area contributed by atoms with Crippen LogP contribution in [0.1, 0.15) is 27.8 Å². The fourth-order valence-electron chi connectivity index (χ4n) is 3.78. The van der Waals surface area contributed by atoms with Gasteiger partial charge in [0.25, 0.3) is 0 Å². The van der Waals surface area contributed by atoms with Crippen LogP contribution >= 0.6 is 11.6 Å². The molecule has 0 saturated heterocycles. The van der Waals surface area contributed by atoms with Gasteiger partial charge in [0.2, 0.25) is 0 Å². The maximum Gasteiger partial charge on any atom is 0.117 e. The molecular formula is C24H24ClN3O. The minimum atomic E-state index is 0.564. The first-order chi connectivity index (χ1) is 14.3. The average molecular weight is 406 g/mol. The van der Waals surface area contributed by atoms with Crippen molar-refractivity contribution in [2.24, 2.45) is 5.16 Å². The minimum Gasteiger partial charge on any atom is -0.410 e. The molecule has 1 heterocycles. The van der Waals surface area contributed by atoms with Gasteiger partial charge in [-0.25, -0.2) is 0 Å². The van der Waals surface area contributed by atoms with Crippen LogP contribution in [-0.4, -0.2) is 24.0 Å². The average Bonchev–Trinajstić information content (AvgIpc) is 3.01. The van der Waals surface area contributed by atoms with E-state index in [4.69, 9.17) is 11.6 Å². The van der Waals surface area contributed by atoms with Crippen molar-refractivity contribution in [1.29, 1.82) is 0 Å². The first-order valence-electron chi connectivity index (χ1n) is 9.88. The van der Waals surface area contributed by atoms with Crippen molar-refractivity contribution < 1.29 is 5.21 Å². The molecule has 1 aliphatic rings. The first-order valence-corrected chi connectivity index (χ1v) is 10.3. The van der Waals surface area contributed by atoms with E-state index in [1.165, 1.54) is 11.1 Å². The van der Waals surface area contributed by atoms with Gasteiger partial charge in [-0.2, -0.15) is 0 Å². The van der Waals surface area contributed by atoms with Gasteiger partial charge < -0.3 is 15.8 Å². The third-order valence-corrected chi connectivity index (χ3v) is 5.64. The lowest BCUT2D eigenvalue weighted by Gasteiger charge is -2.16. The van der Waals surface area contributed by atoms with Crippen LogP contribution in [0.2, 0.25) is 5.02 Å². The molecule has 0 radical (unpaired) electrons. The predicted molar refractivity (Wildman–Crippen MR) is 119 cm³/mol. The fourth-order valence-corrected chi connectivity index (χ4v) is 4.03. The Bertz CT molecular complexity index is 1000. The van der Waals surface area contributed by atoms with Gasteiger partial charge in [0, 0.05) is 17.7 Å². The first kappa shape index (κ1) is 19.5. The van der Waals surface area contributed by atoms with E-state index in [2.05, 4.69) is 21.9 Å². The Morgan fingerprint density at radius 2 is 1.66 bits per heavy atom. The highest BCUT2D eigenvalue weighted by Crippen LogP contribution is 2.31. The third kappa shape index (κ3) is 4.44. The number of hydrogen-bond acceptors (Lipinski definition) is 4. The van der Waals surface area contributed by atoms with Crippen LogP contribution < -0.4 is 10.6 Å². The van der Waals surface area contributed by atoms with Crippen LogP contribution in [0.15, 0.2) is 71.9 Å². The standard InChI is InChI=1S/C24H24ClN3O/c25-22-11-10-18-12-14-26-15-13-21(18)24(22)27-16-17-6-8-20(9-7-17)23(28-29)19-4-2-1-3-5-19/h1-11,26-27,29H,12-16H2. The van der Waals surface area contributed by atoms with E-state index >= 15 is 0 Å². The number of fused-ring (bicyclic) bond motifs is 1. The number of halogens is 1. The molecule has 3 aromatic carbocycles. The number of nitrogens with one attached hydrogen (secondary N) is 2. The quantitative estimate of drug-likeness (QED) is 0.322. The monoisotopic (exact) mass is 405 g/mol. The van der Waals surface area contributed by atoms with Crippen molar-refractivity contribution in [3.63, 3.8) is 0 Å². The number of rotatable bonds is 5. The lowest BCUT2D eigenvalue weighted by molar-refractivity contribution is 0.319. The molecule has 3 N–H and O–H groups in total. The number of oxime groups is 1. The summed E-state index contributed by atoms with van der Waals surface area (Å²) in [7, 11) is 0. The zero-order valence-corrected chi connectivity index (χ0v) is 16.9. The predicted octanol–water partition coefficient (Wildman–Crippen LogP) is 4.87. The molecule has 0 aromatic heterocycles. The van der Waals surface area contributed by atoms with Crippen molar-refractivity contribution in [3.05, 3.63) is 99.6 Å². The maximum absolute atomic E-state index is 9.48. The van der Waals surface area contributed by atoms with E-state index in [1.807, 2.05) is 60.7 Å². The van der Waals surface area contributed by atoms with E-state index < -0.39 is 0 Å². The molecule has 0 saturated carbocycles. The molecule has 0 spiro atoms. The maximum atomic E-state index is 9.48. The van der Waals surface area contributed by atoms with Crippen molar-refractivity contribution in [2.75, 3.05) is 18.4 Å².